The average Bonchev–Trinajstić information content (AvgIpc) is 2.54. The number of rotatable bonds is 8. The Labute approximate surface area is 142 Å². The summed E-state index contributed by atoms with van der Waals surface area (Å²) in [6.07, 6.45) is 0.561. The van der Waals surface area contributed by atoms with Crippen LogP contribution in [0.2, 0.25) is 0 Å². The molecule has 0 aromatic heterocycles. The number of benzene rings is 2. The van der Waals surface area contributed by atoms with Crippen molar-refractivity contribution in [2.24, 2.45) is 0 Å². The van der Waals surface area contributed by atoms with E-state index in [1.807, 2.05) is 37.3 Å². The molecular formula is C18H22FNO3S. The van der Waals surface area contributed by atoms with E-state index in [9.17, 15) is 17.4 Å². The molecule has 24 heavy (non-hydrogen) atoms. The minimum Gasteiger partial charge on any atom is -0.310 e. The fourth-order valence-corrected chi connectivity index (χ4v) is 3.38. The van der Waals surface area contributed by atoms with Crippen LogP contribution < -0.4 is 5.32 Å². The molecule has 0 bridgehead atoms. The van der Waals surface area contributed by atoms with Crippen molar-refractivity contribution < 1.29 is 17.4 Å². The molecule has 0 spiro atoms. The number of nitrogens with one attached hydrogen (secondary N) is 1. The van der Waals surface area contributed by atoms with Crippen LogP contribution in [0.5, 0.6) is 0 Å². The van der Waals surface area contributed by atoms with Gasteiger partial charge >= 0.3 is 0 Å². The van der Waals surface area contributed by atoms with Gasteiger partial charge in [-0.15, -0.1) is 0 Å². The molecule has 130 valence electrons. The lowest BCUT2D eigenvalue weighted by Crippen LogP contribution is -2.29. The van der Waals surface area contributed by atoms with E-state index in [4.69, 9.17) is 0 Å². The summed E-state index contributed by atoms with van der Waals surface area (Å²) in [6.45, 7) is 2.35. The van der Waals surface area contributed by atoms with Crippen molar-refractivity contribution in [3.63, 3.8) is 0 Å². The molecule has 0 heterocycles. The largest absolute Gasteiger partial charge is 0.310 e. The van der Waals surface area contributed by atoms with Crippen molar-refractivity contribution in [2.75, 3.05) is 6.54 Å². The van der Waals surface area contributed by atoms with Gasteiger partial charge in [-0.05, 0) is 49.6 Å². The Morgan fingerprint density at radius 3 is 2.29 bits per heavy atom. The van der Waals surface area contributed by atoms with E-state index in [-0.39, 0.29) is 18.3 Å². The van der Waals surface area contributed by atoms with Crippen molar-refractivity contribution in [2.45, 2.75) is 31.1 Å². The van der Waals surface area contributed by atoms with E-state index in [0.717, 1.165) is 11.1 Å². The van der Waals surface area contributed by atoms with E-state index >= 15 is 0 Å². The van der Waals surface area contributed by atoms with Crippen LogP contribution in [0, 0.1) is 5.82 Å². The molecule has 2 aromatic carbocycles. The number of hydrogen-bond donors (Lipinski definition) is 2. The van der Waals surface area contributed by atoms with Gasteiger partial charge in [-0.2, -0.15) is 8.42 Å². The Morgan fingerprint density at radius 2 is 1.71 bits per heavy atom. The topological polar surface area (TPSA) is 66.4 Å². The summed E-state index contributed by atoms with van der Waals surface area (Å²) in [5, 5.41) is 2.35. The van der Waals surface area contributed by atoms with Crippen molar-refractivity contribution >= 4 is 10.1 Å². The fraction of sp³-hybridized carbons (Fsp3) is 0.333. The number of halogens is 1. The molecule has 2 rings (SSSR count). The highest BCUT2D eigenvalue weighted by molar-refractivity contribution is 7.86. The maximum absolute atomic E-state index is 12.9. The van der Waals surface area contributed by atoms with Crippen molar-refractivity contribution in [3.8, 4) is 0 Å². The molecule has 0 radical (unpaired) electrons. The molecule has 6 heteroatoms. The monoisotopic (exact) mass is 351 g/mol. The Hall–Kier alpha value is -1.76. The lowest BCUT2D eigenvalue weighted by Gasteiger charge is -2.18. The Kier molecular flexibility index (Phi) is 6.48. The van der Waals surface area contributed by atoms with Gasteiger partial charge in [0.2, 0.25) is 0 Å². The summed E-state index contributed by atoms with van der Waals surface area (Å²) in [4.78, 5) is 0. The standard InChI is InChI=1S/C18H22FNO3S/c1-14(16-7-9-17(19)10-8-16)20-12-11-18(24(21,22)23)13-15-5-3-2-4-6-15/h2-10,14,18,20H,11-13H2,1H3,(H,21,22,23)/t14-,18?/m0/s1. The molecule has 0 saturated carbocycles. The minimum absolute atomic E-state index is 0.0376. The van der Waals surface area contributed by atoms with Gasteiger partial charge in [-0.1, -0.05) is 42.5 Å². The highest BCUT2D eigenvalue weighted by atomic mass is 32.2. The molecule has 0 amide bonds. The molecule has 2 atom stereocenters. The summed E-state index contributed by atoms with van der Waals surface area (Å²) >= 11 is 0. The predicted molar refractivity (Wildman–Crippen MR) is 92.9 cm³/mol. The highest BCUT2D eigenvalue weighted by Gasteiger charge is 2.23. The first-order chi connectivity index (χ1) is 11.4. The summed E-state index contributed by atoms with van der Waals surface area (Å²) < 4.78 is 45.6. The predicted octanol–water partition coefficient (Wildman–Crippen LogP) is 3.37. The van der Waals surface area contributed by atoms with Gasteiger partial charge < -0.3 is 5.32 Å². The zero-order chi connectivity index (χ0) is 17.6. The third-order valence-electron chi connectivity index (χ3n) is 4.01. The molecule has 0 aliphatic heterocycles. The van der Waals surface area contributed by atoms with Crippen molar-refractivity contribution in [3.05, 3.63) is 71.5 Å². The van der Waals surface area contributed by atoms with Gasteiger partial charge in [0.1, 0.15) is 5.82 Å². The molecule has 2 N–H and O–H groups in total. The van der Waals surface area contributed by atoms with Crippen LogP contribution in [0.3, 0.4) is 0 Å². The van der Waals surface area contributed by atoms with Crippen molar-refractivity contribution in [1.29, 1.82) is 0 Å². The quantitative estimate of drug-likeness (QED) is 0.716. The second-order valence-corrected chi connectivity index (χ2v) is 7.54. The molecular weight excluding hydrogens is 329 g/mol. The second kappa shape index (κ2) is 8.37. The van der Waals surface area contributed by atoms with Gasteiger partial charge in [0, 0.05) is 6.04 Å². The minimum atomic E-state index is -4.12. The second-order valence-electron chi connectivity index (χ2n) is 5.84. The number of hydrogen-bond acceptors (Lipinski definition) is 3. The third kappa shape index (κ3) is 5.70. The zero-order valence-corrected chi connectivity index (χ0v) is 14.3. The van der Waals surface area contributed by atoms with Crippen LogP contribution in [0.25, 0.3) is 0 Å². The van der Waals surface area contributed by atoms with Crippen LogP contribution in [-0.2, 0) is 16.5 Å². The molecule has 0 saturated heterocycles. The first-order valence-corrected chi connectivity index (χ1v) is 9.35. The molecule has 0 aliphatic rings. The normalized spacial score (nSPS) is 14.3. The maximum atomic E-state index is 12.9. The van der Waals surface area contributed by atoms with E-state index in [0.29, 0.717) is 13.0 Å². The van der Waals surface area contributed by atoms with E-state index in [1.165, 1.54) is 12.1 Å². The summed E-state index contributed by atoms with van der Waals surface area (Å²) in [7, 11) is -4.12. The summed E-state index contributed by atoms with van der Waals surface area (Å²) in [6, 6.07) is 15.3. The molecule has 0 fully saturated rings. The van der Waals surface area contributed by atoms with Crippen LogP contribution in [-0.4, -0.2) is 24.8 Å². The summed E-state index contributed by atoms with van der Waals surface area (Å²) in [5.41, 5.74) is 1.79. The van der Waals surface area contributed by atoms with Gasteiger partial charge in [0.05, 0.1) is 5.25 Å². The SMILES string of the molecule is C[C@H](NCCC(Cc1ccccc1)S(=O)(=O)O)c1ccc(F)cc1. The molecule has 1 unspecified atom stereocenters. The van der Waals surface area contributed by atoms with Gasteiger partial charge in [-0.3, -0.25) is 4.55 Å². The highest BCUT2D eigenvalue weighted by Crippen LogP contribution is 2.15. The zero-order valence-electron chi connectivity index (χ0n) is 13.5. The summed E-state index contributed by atoms with van der Waals surface area (Å²) in [5.74, 6) is -0.291. The Bertz CT molecular complexity index is 733. The fourth-order valence-electron chi connectivity index (χ4n) is 2.56. The van der Waals surface area contributed by atoms with E-state index < -0.39 is 15.4 Å². The van der Waals surface area contributed by atoms with Crippen LogP contribution >= 0.6 is 0 Å². The molecule has 2 aromatic rings. The van der Waals surface area contributed by atoms with Crippen LogP contribution in [0.1, 0.15) is 30.5 Å². The van der Waals surface area contributed by atoms with Crippen molar-refractivity contribution in [1.82, 2.24) is 5.32 Å². The lowest BCUT2D eigenvalue weighted by molar-refractivity contribution is 0.453. The third-order valence-corrected chi connectivity index (χ3v) is 5.26. The smallest absolute Gasteiger partial charge is 0.268 e. The van der Waals surface area contributed by atoms with Gasteiger partial charge in [0.25, 0.3) is 10.1 Å². The van der Waals surface area contributed by atoms with Crippen LogP contribution in [0.4, 0.5) is 4.39 Å². The molecule has 0 aliphatic carbocycles. The first kappa shape index (κ1) is 18.6. The first-order valence-electron chi connectivity index (χ1n) is 7.85. The average molecular weight is 351 g/mol. The van der Waals surface area contributed by atoms with Crippen LogP contribution in [0.15, 0.2) is 54.6 Å². The van der Waals surface area contributed by atoms with Gasteiger partial charge in [-0.25, -0.2) is 4.39 Å². The maximum Gasteiger partial charge on any atom is 0.268 e. The Balaban J connectivity index is 1.92. The lowest BCUT2D eigenvalue weighted by atomic mass is 10.1. The van der Waals surface area contributed by atoms with Gasteiger partial charge in [0.15, 0.2) is 0 Å². The molecule has 4 nitrogen and oxygen atoms in total. The Morgan fingerprint density at radius 1 is 1.08 bits per heavy atom. The van der Waals surface area contributed by atoms with E-state index in [2.05, 4.69) is 5.32 Å². The van der Waals surface area contributed by atoms with E-state index in [1.54, 1.807) is 12.1 Å².